The summed E-state index contributed by atoms with van der Waals surface area (Å²) >= 11 is 5.82. The molecule has 0 aliphatic carbocycles. The van der Waals surface area contributed by atoms with Gasteiger partial charge < -0.3 is 10.5 Å². The number of esters is 1. The molecule has 0 saturated heterocycles. The quantitative estimate of drug-likeness (QED) is 0.689. The van der Waals surface area contributed by atoms with E-state index in [0.717, 1.165) is 5.69 Å². The number of halogens is 1. The third-order valence-corrected chi connectivity index (χ3v) is 2.79. The molecule has 1 heterocycles. The lowest BCUT2D eigenvalue weighted by Gasteiger charge is -2.07. The second kappa shape index (κ2) is 6.20. The van der Waals surface area contributed by atoms with Crippen molar-refractivity contribution in [3.63, 3.8) is 0 Å². The molecule has 2 aromatic rings. The Kier molecular flexibility index (Phi) is 4.36. The van der Waals surface area contributed by atoms with Crippen molar-refractivity contribution < 1.29 is 9.53 Å². The van der Waals surface area contributed by atoms with Crippen LogP contribution >= 0.6 is 11.6 Å². The maximum Gasteiger partial charge on any atom is 0.340 e. The van der Waals surface area contributed by atoms with Crippen LogP contribution in [-0.4, -0.2) is 17.6 Å². The highest BCUT2D eigenvalue weighted by atomic mass is 35.5. The molecule has 0 saturated carbocycles. The minimum atomic E-state index is -0.476. The van der Waals surface area contributed by atoms with Gasteiger partial charge in [0.25, 0.3) is 0 Å². The number of ether oxygens (including phenoxy) is 1. The van der Waals surface area contributed by atoms with Crippen molar-refractivity contribution in [2.75, 3.05) is 12.3 Å². The summed E-state index contributed by atoms with van der Waals surface area (Å²) in [7, 11) is 0. The fraction of sp³-hybridized carbons (Fsp3) is 0.143. The summed E-state index contributed by atoms with van der Waals surface area (Å²) in [6.07, 6.45) is 2.26. The molecule has 0 radical (unpaired) electrons. The normalized spacial score (nSPS) is 10.2. The lowest BCUT2D eigenvalue weighted by atomic mass is 10.2. The summed E-state index contributed by atoms with van der Waals surface area (Å²) in [4.78, 5) is 16.0. The van der Waals surface area contributed by atoms with Crippen LogP contribution in [0.1, 0.15) is 16.1 Å². The molecule has 4 nitrogen and oxygen atoms in total. The number of pyridine rings is 1. The minimum absolute atomic E-state index is 0.252. The summed E-state index contributed by atoms with van der Waals surface area (Å²) in [5.74, 6) is -0.476. The number of aromatic nitrogens is 1. The summed E-state index contributed by atoms with van der Waals surface area (Å²) in [6.45, 7) is 0.252. The van der Waals surface area contributed by atoms with E-state index < -0.39 is 5.97 Å². The first-order valence-corrected chi connectivity index (χ1v) is 6.16. The molecule has 98 valence electrons. The highest BCUT2D eigenvalue weighted by molar-refractivity contribution is 6.31. The number of nitrogens with zero attached hydrogens (tertiary/aromatic N) is 1. The number of hydrogen-bond acceptors (Lipinski definition) is 4. The standard InChI is InChI=1S/C14H13ClN2O2/c15-10-4-5-13(16)12(9-10)14(18)19-8-6-11-3-1-2-7-17-11/h1-5,7,9H,6,8,16H2. The molecule has 0 aliphatic heterocycles. The molecule has 1 aromatic carbocycles. The Hall–Kier alpha value is -2.07. The van der Waals surface area contributed by atoms with Gasteiger partial charge in [-0.2, -0.15) is 0 Å². The minimum Gasteiger partial charge on any atom is -0.462 e. The molecule has 0 unspecified atom stereocenters. The van der Waals surface area contributed by atoms with E-state index in [9.17, 15) is 4.79 Å². The van der Waals surface area contributed by atoms with Gasteiger partial charge >= 0.3 is 5.97 Å². The summed E-state index contributed by atoms with van der Waals surface area (Å²) in [5, 5.41) is 0.450. The Morgan fingerprint density at radius 2 is 2.16 bits per heavy atom. The Morgan fingerprint density at radius 3 is 2.89 bits per heavy atom. The fourth-order valence-electron chi connectivity index (χ4n) is 1.58. The molecule has 1 aromatic heterocycles. The third-order valence-electron chi connectivity index (χ3n) is 2.55. The van der Waals surface area contributed by atoms with E-state index in [-0.39, 0.29) is 12.2 Å². The monoisotopic (exact) mass is 276 g/mol. The van der Waals surface area contributed by atoms with Crippen molar-refractivity contribution in [3.05, 3.63) is 58.9 Å². The van der Waals surface area contributed by atoms with Crippen LogP contribution in [-0.2, 0) is 11.2 Å². The second-order valence-corrected chi connectivity index (χ2v) is 4.38. The van der Waals surface area contributed by atoms with Crippen LogP contribution in [0.25, 0.3) is 0 Å². The average molecular weight is 277 g/mol. The van der Waals surface area contributed by atoms with Crippen LogP contribution in [0.15, 0.2) is 42.6 Å². The Balaban J connectivity index is 1.93. The van der Waals surface area contributed by atoms with Crippen molar-refractivity contribution >= 4 is 23.3 Å². The van der Waals surface area contributed by atoms with E-state index in [4.69, 9.17) is 22.1 Å². The van der Waals surface area contributed by atoms with Gasteiger partial charge in [0.2, 0.25) is 0 Å². The van der Waals surface area contributed by atoms with Gasteiger partial charge in [-0.05, 0) is 30.3 Å². The summed E-state index contributed by atoms with van der Waals surface area (Å²) in [5.41, 5.74) is 7.21. The highest BCUT2D eigenvalue weighted by Crippen LogP contribution is 2.18. The van der Waals surface area contributed by atoms with Gasteiger partial charge in [-0.25, -0.2) is 4.79 Å². The molecule has 2 N–H and O–H groups in total. The van der Waals surface area contributed by atoms with Crippen molar-refractivity contribution in [1.82, 2.24) is 4.98 Å². The predicted molar refractivity (Wildman–Crippen MR) is 74.1 cm³/mol. The lowest BCUT2D eigenvalue weighted by molar-refractivity contribution is 0.0509. The molecule has 0 amide bonds. The Morgan fingerprint density at radius 1 is 1.32 bits per heavy atom. The maximum absolute atomic E-state index is 11.8. The fourth-order valence-corrected chi connectivity index (χ4v) is 1.75. The predicted octanol–water partition coefficient (Wildman–Crippen LogP) is 2.72. The molecule has 0 bridgehead atoms. The van der Waals surface area contributed by atoms with Gasteiger partial charge in [0, 0.05) is 29.0 Å². The average Bonchev–Trinajstić information content (AvgIpc) is 2.42. The van der Waals surface area contributed by atoms with Gasteiger partial charge in [-0.1, -0.05) is 17.7 Å². The number of anilines is 1. The summed E-state index contributed by atoms with van der Waals surface area (Å²) < 4.78 is 5.15. The van der Waals surface area contributed by atoms with E-state index in [1.165, 1.54) is 6.07 Å². The van der Waals surface area contributed by atoms with Crippen molar-refractivity contribution in [3.8, 4) is 0 Å². The van der Waals surface area contributed by atoms with E-state index >= 15 is 0 Å². The third kappa shape index (κ3) is 3.69. The van der Waals surface area contributed by atoms with E-state index in [1.807, 2.05) is 18.2 Å². The first-order valence-electron chi connectivity index (χ1n) is 5.79. The smallest absolute Gasteiger partial charge is 0.340 e. The van der Waals surface area contributed by atoms with E-state index in [0.29, 0.717) is 17.1 Å². The van der Waals surface area contributed by atoms with Crippen molar-refractivity contribution in [2.45, 2.75) is 6.42 Å². The van der Waals surface area contributed by atoms with Gasteiger partial charge in [0.05, 0.1) is 12.2 Å². The van der Waals surface area contributed by atoms with Crippen LogP contribution < -0.4 is 5.73 Å². The zero-order chi connectivity index (χ0) is 13.7. The summed E-state index contributed by atoms with van der Waals surface area (Å²) in [6, 6.07) is 10.3. The number of benzene rings is 1. The number of rotatable bonds is 4. The number of nitrogen functional groups attached to an aromatic ring is 1. The van der Waals surface area contributed by atoms with E-state index in [1.54, 1.807) is 18.3 Å². The largest absolute Gasteiger partial charge is 0.462 e. The lowest BCUT2D eigenvalue weighted by Crippen LogP contribution is -2.10. The van der Waals surface area contributed by atoms with Crippen LogP contribution in [0.4, 0.5) is 5.69 Å². The molecule has 0 aliphatic rings. The van der Waals surface area contributed by atoms with Crippen LogP contribution in [0.3, 0.4) is 0 Å². The zero-order valence-electron chi connectivity index (χ0n) is 10.2. The maximum atomic E-state index is 11.8. The first kappa shape index (κ1) is 13.4. The zero-order valence-corrected chi connectivity index (χ0v) is 10.9. The number of hydrogen-bond donors (Lipinski definition) is 1. The van der Waals surface area contributed by atoms with Crippen LogP contribution in [0.5, 0.6) is 0 Å². The molecule has 2 rings (SSSR count). The van der Waals surface area contributed by atoms with Crippen LogP contribution in [0, 0.1) is 0 Å². The topological polar surface area (TPSA) is 65.2 Å². The van der Waals surface area contributed by atoms with Gasteiger partial charge in [0.1, 0.15) is 0 Å². The number of carbonyl (C=O) groups is 1. The van der Waals surface area contributed by atoms with E-state index in [2.05, 4.69) is 4.98 Å². The molecule has 0 fully saturated rings. The Bertz CT molecular complexity index is 573. The van der Waals surface area contributed by atoms with Gasteiger partial charge in [-0.3, -0.25) is 4.98 Å². The molecule has 0 atom stereocenters. The van der Waals surface area contributed by atoms with Crippen molar-refractivity contribution in [2.24, 2.45) is 0 Å². The van der Waals surface area contributed by atoms with Gasteiger partial charge in [-0.15, -0.1) is 0 Å². The number of carbonyl (C=O) groups excluding carboxylic acids is 1. The van der Waals surface area contributed by atoms with Crippen LogP contribution in [0.2, 0.25) is 5.02 Å². The van der Waals surface area contributed by atoms with Gasteiger partial charge in [0.15, 0.2) is 0 Å². The first-order chi connectivity index (χ1) is 9.16. The SMILES string of the molecule is Nc1ccc(Cl)cc1C(=O)OCCc1ccccn1. The number of nitrogens with two attached hydrogens (primary N) is 1. The molecular weight excluding hydrogens is 264 g/mol. The molecule has 19 heavy (non-hydrogen) atoms. The Labute approximate surface area is 116 Å². The molecular formula is C14H13ClN2O2. The molecule has 0 spiro atoms. The molecule has 5 heteroatoms. The highest BCUT2D eigenvalue weighted by Gasteiger charge is 2.11. The second-order valence-electron chi connectivity index (χ2n) is 3.94. The van der Waals surface area contributed by atoms with Crippen molar-refractivity contribution in [1.29, 1.82) is 0 Å².